The van der Waals surface area contributed by atoms with Gasteiger partial charge in [-0.3, -0.25) is 9.48 Å². The van der Waals surface area contributed by atoms with Gasteiger partial charge in [0.1, 0.15) is 5.82 Å². The van der Waals surface area contributed by atoms with Gasteiger partial charge in [0.2, 0.25) is 0 Å². The van der Waals surface area contributed by atoms with Crippen LogP contribution in [0.25, 0.3) is 11.3 Å². The van der Waals surface area contributed by atoms with Gasteiger partial charge in [-0.25, -0.2) is 4.39 Å². The molecule has 2 aromatic heterocycles. The second-order valence-corrected chi connectivity index (χ2v) is 8.86. The van der Waals surface area contributed by atoms with Crippen LogP contribution in [-0.4, -0.2) is 28.3 Å². The van der Waals surface area contributed by atoms with Crippen LogP contribution in [0.15, 0.2) is 36.5 Å². The number of rotatable bonds is 7. The molecule has 1 unspecified atom stereocenters. The van der Waals surface area contributed by atoms with Gasteiger partial charge in [-0.1, -0.05) is 19.1 Å². The minimum absolute atomic E-state index is 0.0907. The number of hydrogen-bond donors (Lipinski definition) is 2. The van der Waals surface area contributed by atoms with E-state index in [1.165, 1.54) is 22.6 Å². The maximum Gasteiger partial charge on any atom is 0.261 e. The summed E-state index contributed by atoms with van der Waals surface area (Å²) in [7, 11) is 0. The quantitative estimate of drug-likeness (QED) is 0.601. The Morgan fingerprint density at radius 2 is 2.27 bits per heavy atom. The van der Waals surface area contributed by atoms with Crippen molar-refractivity contribution in [1.29, 1.82) is 0 Å². The van der Waals surface area contributed by atoms with Crippen molar-refractivity contribution in [3.05, 3.63) is 63.2 Å². The third-order valence-corrected chi connectivity index (χ3v) is 6.77. The van der Waals surface area contributed by atoms with Crippen LogP contribution in [0.2, 0.25) is 0 Å². The first-order valence-electron chi connectivity index (χ1n) is 10.5. The molecular weight excluding hydrogens is 399 g/mol. The zero-order chi connectivity index (χ0) is 21.1. The summed E-state index contributed by atoms with van der Waals surface area (Å²) in [5.74, 6) is -0.359. The predicted molar refractivity (Wildman–Crippen MR) is 118 cm³/mol. The number of nitrogens with two attached hydrogens (primary N) is 1. The van der Waals surface area contributed by atoms with E-state index in [1.807, 2.05) is 18.3 Å². The van der Waals surface area contributed by atoms with Crippen LogP contribution >= 0.6 is 11.3 Å². The number of amides is 1. The Morgan fingerprint density at radius 3 is 3.03 bits per heavy atom. The van der Waals surface area contributed by atoms with Crippen LogP contribution in [0, 0.1) is 5.82 Å². The van der Waals surface area contributed by atoms with Gasteiger partial charge in [-0.2, -0.15) is 5.10 Å². The van der Waals surface area contributed by atoms with Crippen LogP contribution < -0.4 is 11.1 Å². The molecule has 0 radical (unpaired) electrons. The number of aryl methyl sites for hydroxylation is 3. The molecule has 0 bridgehead atoms. The minimum atomic E-state index is -0.268. The van der Waals surface area contributed by atoms with Gasteiger partial charge in [0.15, 0.2) is 0 Å². The molecule has 5 nitrogen and oxygen atoms in total. The normalized spacial score (nSPS) is 14.0. The fraction of sp³-hybridized carbons (Fsp3) is 0.391. The number of nitrogens with one attached hydrogen (secondary N) is 1. The maximum atomic E-state index is 13.5. The summed E-state index contributed by atoms with van der Waals surface area (Å²) >= 11 is 1.57. The number of fused-ring (bicyclic) bond motifs is 3. The summed E-state index contributed by atoms with van der Waals surface area (Å²) in [6, 6.07) is 8.37. The predicted octanol–water partition coefficient (Wildman–Crippen LogP) is 3.95. The lowest BCUT2D eigenvalue weighted by Gasteiger charge is -2.18. The first-order valence-corrected chi connectivity index (χ1v) is 11.3. The first-order chi connectivity index (χ1) is 14.6. The molecule has 0 saturated heterocycles. The number of benzene rings is 1. The average Bonchev–Trinajstić information content (AvgIpc) is 3.28. The van der Waals surface area contributed by atoms with Gasteiger partial charge in [0.05, 0.1) is 16.8 Å². The topological polar surface area (TPSA) is 72.9 Å². The Labute approximate surface area is 180 Å². The molecule has 0 aliphatic carbocycles. The summed E-state index contributed by atoms with van der Waals surface area (Å²) in [6.45, 7) is 3.50. The van der Waals surface area contributed by atoms with Gasteiger partial charge < -0.3 is 11.1 Å². The van der Waals surface area contributed by atoms with E-state index in [2.05, 4.69) is 22.0 Å². The Kier molecular flexibility index (Phi) is 6.29. The molecule has 30 heavy (non-hydrogen) atoms. The van der Waals surface area contributed by atoms with E-state index in [1.54, 1.807) is 17.4 Å². The fourth-order valence-corrected chi connectivity index (χ4v) is 5.22. The van der Waals surface area contributed by atoms with E-state index in [0.717, 1.165) is 42.6 Å². The lowest BCUT2D eigenvalue weighted by molar-refractivity contribution is 0.0939. The molecule has 3 heterocycles. The van der Waals surface area contributed by atoms with E-state index in [4.69, 9.17) is 5.73 Å². The van der Waals surface area contributed by atoms with Crippen molar-refractivity contribution in [2.75, 3.05) is 6.54 Å². The molecule has 1 aliphatic rings. The third-order valence-electron chi connectivity index (χ3n) is 5.58. The zero-order valence-electron chi connectivity index (χ0n) is 17.2. The number of carbonyl (C=O) groups is 1. The molecule has 1 amide bonds. The van der Waals surface area contributed by atoms with Gasteiger partial charge in [0.25, 0.3) is 5.91 Å². The summed E-state index contributed by atoms with van der Waals surface area (Å²) < 4.78 is 15.6. The van der Waals surface area contributed by atoms with Crippen molar-refractivity contribution < 1.29 is 9.18 Å². The van der Waals surface area contributed by atoms with Crippen molar-refractivity contribution in [2.24, 2.45) is 5.73 Å². The summed E-state index contributed by atoms with van der Waals surface area (Å²) in [5, 5.41) is 7.66. The van der Waals surface area contributed by atoms with Crippen molar-refractivity contribution >= 4 is 17.2 Å². The number of aromatic nitrogens is 2. The number of thiophene rings is 1. The second-order valence-electron chi connectivity index (χ2n) is 7.73. The number of halogens is 1. The highest BCUT2D eigenvalue weighted by molar-refractivity contribution is 7.14. The Hall–Kier alpha value is -2.51. The Balaban J connectivity index is 1.56. The highest BCUT2D eigenvalue weighted by Gasteiger charge is 2.24. The Bertz CT molecular complexity index is 1040. The molecule has 0 saturated carbocycles. The minimum Gasteiger partial charge on any atom is -0.348 e. The van der Waals surface area contributed by atoms with E-state index in [9.17, 15) is 9.18 Å². The third kappa shape index (κ3) is 4.32. The highest BCUT2D eigenvalue weighted by atomic mass is 32.1. The van der Waals surface area contributed by atoms with Gasteiger partial charge in [-0.05, 0) is 68.0 Å². The van der Waals surface area contributed by atoms with Crippen molar-refractivity contribution in [3.63, 3.8) is 0 Å². The molecule has 3 aromatic rings. The number of hydrogen-bond acceptors (Lipinski definition) is 4. The molecule has 3 N–H and O–H groups in total. The molecule has 1 atom stereocenters. The number of nitrogens with zero attached hydrogens (tertiary/aromatic N) is 2. The molecule has 0 fully saturated rings. The summed E-state index contributed by atoms with van der Waals surface area (Å²) in [6.07, 6.45) is 6.02. The van der Waals surface area contributed by atoms with Crippen molar-refractivity contribution in [1.82, 2.24) is 15.1 Å². The lowest BCUT2D eigenvalue weighted by atomic mass is 10.0. The van der Waals surface area contributed by atoms with Crippen molar-refractivity contribution in [3.8, 4) is 11.3 Å². The standard InChI is InChI=1S/C23H27FN4OS/c1-2-16-14-26-28-10-4-7-20-19(22(16)28)13-21(30-20)23(29)27-18(8-9-25)12-15-5-3-6-17(24)11-15/h3,5-6,11,13-14,18H,2,4,7-10,12,25H2,1H3,(H,27,29). The summed E-state index contributed by atoms with van der Waals surface area (Å²) in [5.41, 5.74) is 10.1. The molecule has 4 rings (SSSR count). The SMILES string of the molecule is CCc1cnn2c1-c1cc(C(=O)NC(CCN)Cc3cccc(F)c3)sc1CCC2. The molecule has 0 spiro atoms. The smallest absolute Gasteiger partial charge is 0.261 e. The molecule has 1 aliphatic heterocycles. The first kappa shape index (κ1) is 20.8. The lowest BCUT2D eigenvalue weighted by Crippen LogP contribution is -2.37. The van der Waals surface area contributed by atoms with Gasteiger partial charge in [0, 0.05) is 23.0 Å². The van der Waals surface area contributed by atoms with Crippen LogP contribution in [-0.2, 0) is 25.8 Å². The molecule has 158 valence electrons. The molecule has 1 aromatic carbocycles. The average molecular weight is 427 g/mol. The van der Waals surface area contributed by atoms with Gasteiger partial charge >= 0.3 is 0 Å². The highest BCUT2D eigenvalue weighted by Crippen LogP contribution is 2.37. The van der Waals surface area contributed by atoms with E-state index in [-0.39, 0.29) is 17.8 Å². The second kappa shape index (κ2) is 9.10. The van der Waals surface area contributed by atoms with Crippen molar-refractivity contribution in [2.45, 2.75) is 51.6 Å². The zero-order valence-corrected chi connectivity index (χ0v) is 18.0. The van der Waals surface area contributed by atoms with Crippen LogP contribution in [0.4, 0.5) is 4.39 Å². The van der Waals surface area contributed by atoms with Crippen LogP contribution in [0.5, 0.6) is 0 Å². The Morgan fingerprint density at radius 1 is 1.40 bits per heavy atom. The van der Waals surface area contributed by atoms with Crippen LogP contribution in [0.1, 0.15) is 45.4 Å². The van der Waals surface area contributed by atoms with E-state index >= 15 is 0 Å². The van der Waals surface area contributed by atoms with E-state index < -0.39 is 0 Å². The fourth-order valence-electron chi connectivity index (χ4n) is 4.11. The maximum absolute atomic E-state index is 13.5. The summed E-state index contributed by atoms with van der Waals surface area (Å²) in [4.78, 5) is 15.0. The monoisotopic (exact) mass is 426 g/mol. The van der Waals surface area contributed by atoms with Crippen LogP contribution in [0.3, 0.4) is 0 Å². The van der Waals surface area contributed by atoms with Gasteiger partial charge in [-0.15, -0.1) is 11.3 Å². The largest absolute Gasteiger partial charge is 0.348 e. The molecule has 7 heteroatoms. The molecular formula is C23H27FN4OS. The van der Waals surface area contributed by atoms with E-state index in [0.29, 0.717) is 24.3 Å². The number of carbonyl (C=O) groups excluding carboxylic acids is 1.